The Morgan fingerprint density at radius 2 is 1.93 bits per heavy atom. The highest BCUT2D eigenvalue weighted by Crippen LogP contribution is 2.34. The summed E-state index contributed by atoms with van der Waals surface area (Å²) >= 11 is 3.25. The molecule has 0 radical (unpaired) electrons. The summed E-state index contributed by atoms with van der Waals surface area (Å²) in [5.74, 6) is 0.759. The highest BCUT2D eigenvalue weighted by Gasteiger charge is 2.26. The fraction of sp³-hybridized carbons (Fsp3) is 0.217. The van der Waals surface area contributed by atoms with Crippen molar-refractivity contribution in [2.24, 2.45) is 0 Å². The summed E-state index contributed by atoms with van der Waals surface area (Å²) in [6.07, 6.45) is 5.08. The van der Waals surface area contributed by atoms with Gasteiger partial charge in [0.2, 0.25) is 0 Å². The van der Waals surface area contributed by atoms with Crippen LogP contribution in [-0.2, 0) is 6.42 Å². The van der Waals surface area contributed by atoms with Crippen LogP contribution in [-0.4, -0.2) is 20.6 Å². The fourth-order valence-electron chi connectivity index (χ4n) is 3.19. The molecule has 2 heterocycles. The van der Waals surface area contributed by atoms with E-state index in [1.165, 1.54) is 11.1 Å². The molecule has 1 atom stereocenters. The lowest BCUT2D eigenvalue weighted by molar-refractivity contribution is 0.731. The topological polar surface area (TPSA) is 34.9 Å². The van der Waals surface area contributed by atoms with E-state index in [1.54, 1.807) is 28.1 Å². The summed E-state index contributed by atoms with van der Waals surface area (Å²) in [5.41, 5.74) is 4.22. The second-order valence-electron chi connectivity index (χ2n) is 6.90. The average Bonchev–Trinajstić information content (AvgIpc) is 3.08. The van der Waals surface area contributed by atoms with E-state index in [2.05, 4.69) is 38.1 Å². The van der Waals surface area contributed by atoms with E-state index in [0.717, 1.165) is 33.6 Å². The number of hydrogen-bond donors (Lipinski definition) is 0. The molecule has 1 unspecified atom stereocenters. The summed E-state index contributed by atoms with van der Waals surface area (Å²) < 4.78 is 1.77. The smallest absolute Gasteiger partial charge is 0.268 e. The van der Waals surface area contributed by atoms with Gasteiger partial charge in [-0.25, -0.2) is 4.98 Å². The number of nitrogens with zero attached hydrogens (tertiary/aromatic N) is 2. The zero-order chi connectivity index (χ0) is 19.5. The van der Waals surface area contributed by atoms with E-state index in [9.17, 15) is 4.79 Å². The van der Waals surface area contributed by atoms with Crippen LogP contribution in [0.15, 0.2) is 75.5 Å². The molecule has 2 aromatic carbocycles. The molecule has 3 aromatic rings. The van der Waals surface area contributed by atoms with Gasteiger partial charge < -0.3 is 0 Å². The van der Waals surface area contributed by atoms with Gasteiger partial charge in [-0.1, -0.05) is 78.9 Å². The molecule has 0 saturated carbocycles. The predicted octanol–water partition coefficient (Wildman–Crippen LogP) is 5.38. The molecule has 0 bridgehead atoms. The van der Waals surface area contributed by atoms with E-state index < -0.39 is 0 Å². The summed E-state index contributed by atoms with van der Waals surface area (Å²) in [7, 11) is 0. The third-order valence-electron chi connectivity index (χ3n) is 4.59. The van der Waals surface area contributed by atoms with Crippen LogP contribution in [0.4, 0.5) is 0 Å². The lowest BCUT2D eigenvalue weighted by Crippen LogP contribution is -2.23. The normalized spacial score (nSPS) is 15.9. The molecule has 0 aliphatic carbocycles. The van der Waals surface area contributed by atoms with Crippen LogP contribution in [0.2, 0.25) is 0 Å². The van der Waals surface area contributed by atoms with Crippen LogP contribution in [0.1, 0.15) is 23.7 Å². The van der Waals surface area contributed by atoms with E-state index in [0.29, 0.717) is 5.25 Å². The summed E-state index contributed by atoms with van der Waals surface area (Å²) in [5, 5.41) is 1.17. The van der Waals surface area contributed by atoms with E-state index in [1.807, 2.05) is 42.5 Å². The number of benzene rings is 2. The lowest BCUT2D eigenvalue weighted by atomic mass is 10.2. The van der Waals surface area contributed by atoms with Gasteiger partial charge in [-0.2, -0.15) is 0 Å². The van der Waals surface area contributed by atoms with E-state index in [4.69, 9.17) is 4.98 Å². The van der Waals surface area contributed by atoms with Gasteiger partial charge in [0.15, 0.2) is 5.16 Å². The number of aryl methyl sites for hydroxylation is 1. The Balaban J connectivity index is 1.66. The highest BCUT2D eigenvalue weighted by molar-refractivity contribution is 8.00. The van der Waals surface area contributed by atoms with Gasteiger partial charge in [0.25, 0.3) is 5.56 Å². The predicted molar refractivity (Wildman–Crippen MR) is 120 cm³/mol. The van der Waals surface area contributed by atoms with Crippen molar-refractivity contribution >= 4 is 29.6 Å². The number of fused-ring (bicyclic) bond motifs is 1. The highest BCUT2D eigenvalue weighted by atomic mass is 32.2. The van der Waals surface area contributed by atoms with Crippen LogP contribution in [0.3, 0.4) is 0 Å². The zero-order valence-electron chi connectivity index (χ0n) is 16.0. The minimum absolute atomic E-state index is 0.0535. The molecule has 5 heteroatoms. The zero-order valence-corrected chi connectivity index (χ0v) is 17.6. The van der Waals surface area contributed by atoms with Gasteiger partial charge in [-0.15, -0.1) is 11.8 Å². The summed E-state index contributed by atoms with van der Waals surface area (Å²) in [6, 6.07) is 18.3. The van der Waals surface area contributed by atoms with Gasteiger partial charge in [0.05, 0.1) is 16.3 Å². The third-order valence-corrected chi connectivity index (χ3v) is 6.70. The molecule has 0 amide bonds. The second-order valence-corrected chi connectivity index (χ2v) is 9.34. The number of thioether (sulfide) groups is 2. The Morgan fingerprint density at radius 1 is 1.18 bits per heavy atom. The van der Waals surface area contributed by atoms with Crippen molar-refractivity contribution in [1.82, 2.24) is 9.55 Å². The van der Waals surface area contributed by atoms with Crippen LogP contribution in [0.25, 0.3) is 11.8 Å². The van der Waals surface area contributed by atoms with E-state index in [-0.39, 0.29) is 5.56 Å². The maximum atomic E-state index is 13.2. The second kappa shape index (κ2) is 8.41. The largest absolute Gasteiger partial charge is 0.272 e. The molecule has 1 aliphatic heterocycles. The number of hydrogen-bond acceptors (Lipinski definition) is 4. The van der Waals surface area contributed by atoms with E-state index >= 15 is 0 Å². The summed E-state index contributed by atoms with van der Waals surface area (Å²) in [6.45, 7) is 4.20. The Kier molecular flexibility index (Phi) is 5.74. The molecular weight excluding hydrogens is 384 g/mol. The SMILES string of the molecule is Cc1ccc(-n2c(SC/C=C/c3ccccc3)nc3c(c2=O)SC(C)C3)cc1. The molecule has 0 N–H and O–H groups in total. The lowest BCUT2D eigenvalue weighted by Gasteiger charge is -2.13. The Bertz CT molecular complexity index is 1060. The molecule has 28 heavy (non-hydrogen) atoms. The molecule has 0 fully saturated rings. The fourth-order valence-corrected chi connectivity index (χ4v) is 5.12. The molecule has 1 aromatic heterocycles. The van der Waals surface area contributed by atoms with Crippen molar-refractivity contribution in [3.05, 3.63) is 87.8 Å². The van der Waals surface area contributed by atoms with Crippen molar-refractivity contribution in [1.29, 1.82) is 0 Å². The number of rotatable bonds is 5. The Morgan fingerprint density at radius 3 is 2.68 bits per heavy atom. The molecular formula is C23H22N2OS2. The van der Waals surface area contributed by atoms with Gasteiger partial charge in [-0.3, -0.25) is 9.36 Å². The van der Waals surface area contributed by atoms with Crippen molar-refractivity contribution in [3.63, 3.8) is 0 Å². The third kappa shape index (κ3) is 4.10. The van der Waals surface area contributed by atoms with Gasteiger partial charge >= 0.3 is 0 Å². The molecule has 4 rings (SSSR count). The minimum Gasteiger partial charge on any atom is -0.268 e. The monoisotopic (exact) mass is 406 g/mol. The first-order chi connectivity index (χ1) is 13.6. The molecule has 3 nitrogen and oxygen atoms in total. The van der Waals surface area contributed by atoms with Crippen LogP contribution in [0.5, 0.6) is 0 Å². The maximum Gasteiger partial charge on any atom is 0.272 e. The first-order valence-corrected chi connectivity index (χ1v) is 11.2. The summed E-state index contributed by atoms with van der Waals surface area (Å²) in [4.78, 5) is 18.9. The quantitative estimate of drug-likeness (QED) is 0.421. The van der Waals surface area contributed by atoms with Crippen LogP contribution in [0, 0.1) is 6.92 Å². The van der Waals surface area contributed by atoms with Gasteiger partial charge in [0, 0.05) is 17.4 Å². The van der Waals surface area contributed by atoms with Gasteiger partial charge in [0.1, 0.15) is 0 Å². The molecule has 0 spiro atoms. The Labute approximate surface area is 173 Å². The molecule has 1 aliphatic rings. The van der Waals surface area contributed by atoms with Crippen LogP contribution < -0.4 is 5.56 Å². The van der Waals surface area contributed by atoms with Crippen molar-refractivity contribution in [3.8, 4) is 5.69 Å². The van der Waals surface area contributed by atoms with Gasteiger partial charge in [-0.05, 0) is 24.6 Å². The van der Waals surface area contributed by atoms with Crippen molar-refractivity contribution in [2.75, 3.05) is 5.75 Å². The van der Waals surface area contributed by atoms with Crippen LogP contribution >= 0.6 is 23.5 Å². The molecule has 142 valence electrons. The van der Waals surface area contributed by atoms with Crippen molar-refractivity contribution < 1.29 is 0 Å². The standard InChI is InChI=1S/C23H22N2OS2/c1-16-10-12-19(13-11-16)25-22(26)21-20(15-17(2)28-21)24-23(25)27-14-6-9-18-7-4-3-5-8-18/h3-13,17H,14-15H2,1-2H3/b9-6+. The first-order valence-electron chi connectivity index (χ1n) is 9.36. The number of aromatic nitrogens is 2. The maximum absolute atomic E-state index is 13.2. The van der Waals surface area contributed by atoms with Crippen molar-refractivity contribution in [2.45, 2.75) is 35.6 Å². The minimum atomic E-state index is 0.0535. The average molecular weight is 407 g/mol. The Hall–Kier alpha value is -2.24. The first kappa shape index (κ1) is 19.1. The molecule has 0 saturated heterocycles.